The number of benzene rings is 3. The summed E-state index contributed by atoms with van der Waals surface area (Å²) in [4.78, 5) is 0.672. The minimum Gasteiger partial charge on any atom is -0.217 e. The summed E-state index contributed by atoms with van der Waals surface area (Å²) >= 11 is 0. The van der Waals surface area contributed by atoms with E-state index in [1.807, 2.05) is 24.3 Å². The van der Waals surface area contributed by atoms with Crippen LogP contribution in [0.25, 0.3) is 21.5 Å². The van der Waals surface area contributed by atoms with Gasteiger partial charge in [-0.15, -0.1) is 0 Å². The molecule has 2 nitrogen and oxygen atoms in total. The van der Waals surface area contributed by atoms with E-state index < -0.39 is 12.6 Å². The molecule has 3 rings (SSSR count). The first-order chi connectivity index (χ1) is 14.0. The van der Waals surface area contributed by atoms with Crippen molar-refractivity contribution in [1.29, 1.82) is 0 Å². The summed E-state index contributed by atoms with van der Waals surface area (Å²) in [7, 11) is 2.01. The molecule has 162 valence electrons. The molecule has 8 heteroatoms. The lowest BCUT2D eigenvalue weighted by atomic mass is 9.89. The van der Waals surface area contributed by atoms with Gasteiger partial charge in [0.15, 0.2) is 0 Å². The molecule has 0 radical (unpaired) electrons. The molecule has 0 amide bonds. The number of likely N-dealkylation sites (N-methyl/N-ethyl adjacent to an activating group) is 2. The highest BCUT2D eigenvalue weighted by molar-refractivity contribution is 6.05. The summed E-state index contributed by atoms with van der Waals surface area (Å²) in [5.74, 6) is 0. The average Bonchev–Trinajstić information content (AvgIpc) is 2.68. The number of rotatable bonds is 6. The largest absolute Gasteiger partial charge is 0.459 e. The van der Waals surface area contributed by atoms with Gasteiger partial charge in [0, 0.05) is 13.1 Å². The van der Waals surface area contributed by atoms with Gasteiger partial charge in [-0.25, -0.2) is 9.80 Å². The Kier molecular flexibility index (Phi) is 6.29. The maximum Gasteiger partial charge on any atom is 0.459 e. The first kappa shape index (κ1) is 22.4. The van der Waals surface area contributed by atoms with Crippen molar-refractivity contribution >= 4 is 21.5 Å². The number of hydrogen-bond donors (Lipinski definition) is 0. The normalized spacial score (nSPS) is 13.1. The number of fused-ring (bicyclic) bond motifs is 2. The van der Waals surface area contributed by atoms with E-state index in [9.17, 15) is 26.3 Å². The summed E-state index contributed by atoms with van der Waals surface area (Å²) in [5, 5.41) is 3.10. The Hall–Kier alpha value is -2.32. The van der Waals surface area contributed by atoms with Gasteiger partial charge < -0.3 is 0 Å². The fourth-order valence-electron chi connectivity index (χ4n) is 3.66. The van der Waals surface area contributed by atoms with Crippen molar-refractivity contribution < 1.29 is 26.3 Å². The lowest BCUT2D eigenvalue weighted by Gasteiger charge is -2.23. The molecule has 0 spiro atoms. The topological polar surface area (TPSA) is 6.48 Å². The molecule has 0 unspecified atom stereocenters. The van der Waals surface area contributed by atoms with Gasteiger partial charge in [-0.3, -0.25) is 0 Å². The van der Waals surface area contributed by atoms with Crippen molar-refractivity contribution in [1.82, 2.24) is 9.80 Å². The Morgan fingerprint density at radius 3 is 1.07 bits per heavy atom. The second-order valence-corrected chi connectivity index (χ2v) is 7.33. The molecule has 0 aliphatic heterocycles. The summed E-state index contributed by atoms with van der Waals surface area (Å²) in [6.45, 7) is -0.429. The SMILES string of the molecule is CN(CCc1c2ccccc2c(CCN(C)C(F)(F)F)c2ccccc12)C(F)(F)F. The fourth-order valence-corrected chi connectivity index (χ4v) is 3.66. The zero-order valence-corrected chi connectivity index (χ0v) is 16.6. The minimum absolute atomic E-state index is 0.166. The second kappa shape index (κ2) is 8.43. The van der Waals surface area contributed by atoms with Crippen molar-refractivity contribution in [3.05, 3.63) is 59.7 Å². The molecule has 0 bridgehead atoms. The third-order valence-electron chi connectivity index (χ3n) is 5.41. The molecule has 0 aliphatic carbocycles. The van der Waals surface area contributed by atoms with Crippen LogP contribution in [0.5, 0.6) is 0 Å². The van der Waals surface area contributed by atoms with Crippen LogP contribution in [0.1, 0.15) is 11.1 Å². The average molecular weight is 428 g/mol. The summed E-state index contributed by atoms with van der Waals surface area (Å²) in [6, 6.07) is 14.4. The van der Waals surface area contributed by atoms with Crippen LogP contribution in [0, 0.1) is 0 Å². The van der Waals surface area contributed by atoms with Crippen LogP contribution in [0.15, 0.2) is 48.5 Å². The van der Waals surface area contributed by atoms with Crippen molar-refractivity contribution in [3.63, 3.8) is 0 Å². The van der Waals surface area contributed by atoms with Crippen LogP contribution in [0.2, 0.25) is 0 Å². The molecule has 3 aromatic rings. The molecule has 0 atom stereocenters. The lowest BCUT2D eigenvalue weighted by molar-refractivity contribution is -0.236. The maximum atomic E-state index is 12.9. The number of nitrogens with zero attached hydrogens (tertiary/aromatic N) is 2. The van der Waals surface area contributed by atoms with E-state index >= 15 is 0 Å². The lowest BCUT2D eigenvalue weighted by Crippen LogP contribution is -2.36. The Morgan fingerprint density at radius 1 is 0.567 bits per heavy atom. The number of alkyl halides is 6. The predicted octanol–water partition coefficient (Wildman–Crippen LogP) is 5.98. The summed E-state index contributed by atoms with van der Waals surface area (Å²) in [5.41, 5.74) is 1.54. The van der Waals surface area contributed by atoms with Crippen LogP contribution < -0.4 is 0 Å². The number of hydrogen-bond acceptors (Lipinski definition) is 2. The summed E-state index contributed by atoms with van der Waals surface area (Å²) in [6.07, 6.45) is -8.51. The van der Waals surface area contributed by atoms with Crippen LogP contribution >= 0.6 is 0 Å². The third kappa shape index (κ3) is 4.70. The minimum atomic E-state index is -4.42. The van der Waals surface area contributed by atoms with Gasteiger partial charge in [-0.1, -0.05) is 48.5 Å². The van der Waals surface area contributed by atoms with Crippen molar-refractivity contribution in [2.75, 3.05) is 27.2 Å². The van der Waals surface area contributed by atoms with E-state index in [1.165, 1.54) is 0 Å². The van der Waals surface area contributed by atoms with Crippen molar-refractivity contribution in [2.45, 2.75) is 25.4 Å². The highest BCUT2D eigenvalue weighted by Gasteiger charge is 2.34. The molecule has 3 aromatic carbocycles. The van der Waals surface area contributed by atoms with Crippen molar-refractivity contribution in [3.8, 4) is 0 Å². The quantitative estimate of drug-likeness (QED) is 0.271. The highest BCUT2D eigenvalue weighted by Crippen LogP contribution is 2.34. The van der Waals surface area contributed by atoms with E-state index in [4.69, 9.17) is 0 Å². The zero-order chi connectivity index (χ0) is 22.1. The maximum absolute atomic E-state index is 12.9. The van der Waals surface area contributed by atoms with Crippen LogP contribution in [0.4, 0.5) is 26.3 Å². The molecular weight excluding hydrogens is 406 g/mol. The zero-order valence-electron chi connectivity index (χ0n) is 16.6. The standard InChI is InChI=1S/C22H22F6N2/c1-29(21(23,24)25)13-11-19-15-7-3-5-9-17(15)20(12-14-30(2)22(26,27)28)18-10-6-4-8-16(18)19/h3-10H,11-14H2,1-2H3. The highest BCUT2D eigenvalue weighted by atomic mass is 19.4. The first-order valence-corrected chi connectivity index (χ1v) is 9.47. The molecule has 0 heterocycles. The van der Waals surface area contributed by atoms with E-state index in [0.29, 0.717) is 9.80 Å². The van der Waals surface area contributed by atoms with Crippen LogP contribution in [-0.2, 0) is 12.8 Å². The van der Waals surface area contributed by atoms with Crippen LogP contribution in [-0.4, -0.2) is 49.6 Å². The molecule has 0 saturated carbocycles. The van der Waals surface area contributed by atoms with Gasteiger partial charge in [0.05, 0.1) is 0 Å². The Morgan fingerprint density at radius 2 is 0.833 bits per heavy atom. The molecule has 0 aliphatic rings. The Bertz CT molecular complexity index is 887. The molecule has 0 N–H and O–H groups in total. The first-order valence-electron chi connectivity index (χ1n) is 9.47. The third-order valence-corrected chi connectivity index (χ3v) is 5.41. The predicted molar refractivity (Wildman–Crippen MR) is 106 cm³/mol. The van der Waals surface area contributed by atoms with E-state index in [1.54, 1.807) is 24.3 Å². The van der Waals surface area contributed by atoms with Gasteiger partial charge in [-0.05, 0) is 59.6 Å². The molecule has 0 aromatic heterocycles. The smallest absolute Gasteiger partial charge is 0.217 e. The molecule has 0 saturated heterocycles. The van der Waals surface area contributed by atoms with Crippen molar-refractivity contribution in [2.24, 2.45) is 0 Å². The van der Waals surface area contributed by atoms with Gasteiger partial charge in [0.1, 0.15) is 0 Å². The van der Waals surface area contributed by atoms with Crippen LogP contribution in [0.3, 0.4) is 0 Å². The Labute approximate surface area is 170 Å². The molecule has 30 heavy (non-hydrogen) atoms. The van der Waals surface area contributed by atoms with Gasteiger partial charge >= 0.3 is 12.6 Å². The summed E-state index contributed by atoms with van der Waals surface area (Å²) < 4.78 is 77.7. The van der Waals surface area contributed by atoms with Gasteiger partial charge in [0.25, 0.3) is 0 Å². The number of halogens is 6. The monoisotopic (exact) mass is 428 g/mol. The van der Waals surface area contributed by atoms with E-state index in [-0.39, 0.29) is 25.9 Å². The van der Waals surface area contributed by atoms with E-state index in [0.717, 1.165) is 46.8 Å². The fraction of sp³-hybridized carbons (Fsp3) is 0.364. The van der Waals surface area contributed by atoms with Gasteiger partial charge in [0.2, 0.25) is 0 Å². The Balaban J connectivity index is 2.08. The second-order valence-electron chi connectivity index (χ2n) is 7.33. The van der Waals surface area contributed by atoms with E-state index in [2.05, 4.69) is 0 Å². The van der Waals surface area contributed by atoms with Gasteiger partial charge in [-0.2, -0.15) is 26.3 Å². The molecule has 0 fully saturated rings. The molecular formula is C22H22F6N2.